The van der Waals surface area contributed by atoms with Gasteiger partial charge < -0.3 is 4.98 Å². The highest BCUT2D eigenvalue weighted by Gasteiger charge is 1.98. The van der Waals surface area contributed by atoms with Crippen molar-refractivity contribution >= 4 is 23.4 Å². The highest BCUT2D eigenvalue weighted by Crippen LogP contribution is 2.21. The Labute approximate surface area is 63.8 Å². The van der Waals surface area contributed by atoms with Gasteiger partial charge in [-0.15, -0.1) is 0 Å². The molecule has 0 radical (unpaired) electrons. The van der Waals surface area contributed by atoms with Crippen LogP contribution in [-0.2, 0) is 0 Å². The van der Waals surface area contributed by atoms with Crippen LogP contribution in [0.3, 0.4) is 0 Å². The molecule has 0 atom stereocenters. The summed E-state index contributed by atoms with van der Waals surface area (Å²) in [5.74, 6) is 0. The van der Waals surface area contributed by atoms with Crippen LogP contribution in [0.25, 0.3) is 11.0 Å². The maximum absolute atomic E-state index is 4.10. The lowest BCUT2D eigenvalue weighted by molar-refractivity contribution is 1.34. The van der Waals surface area contributed by atoms with E-state index in [2.05, 4.69) is 21.7 Å². The van der Waals surface area contributed by atoms with Crippen molar-refractivity contribution in [1.29, 1.82) is 0 Å². The molecule has 1 aromatic carbocycles. The summed E-state index contributed by atoms with van der Waals surface area (Å²) in [5.41, 5.74) is 2.70. The Kier molecular flexibility index (Phi) is 1.22. The summed E-state index contributed by atoms with van der Waals surface area (Å²) in [6.45, 7) is 3.46. The molecule has 1 heterocycles. The number of aliphatic imine (C=N–C) groups is 1. The van der Waals surface area contributed by atoms with Gasteiger partial charge in [-0.05, 0) is 18.9 Å². The van der Waals surface area contributed by atoms with Crippen LogP contribution in [0.2, 0.25) is 0 Å². The molecule has 1 N–H and O–H groups in total. The van der Waals surface area contributed by atoms with Gasteiger partial charge in [-0.25, -0.2) is 4.98 Å². The number of aromatic amines is 1. The fraction of sp³-hybridized carbons (Fsp3) is 0. The molecule has 0 fully saturated rings. The molecule has 2 rings (SSSR count). The molecule has 11 heavy (non-hydrogen) atoms. The number of hydrogen-bond acceptors (Lipinski definition) is 2. The third kappa shape index (κ3) is 0.816. The van der Waals surface area contributed by atoms with Crippen molar-refractivity contribution in [2.45, 2.75) is 0 Å². The van der Waals surface area contributed by atoms with Crippen LogP contribution < -0.4 is 0 Å². The Bertz CT molecular complexity index is 389. The van der Waals surface area contributed by atoms with E-state index in [9.17, 15) is 0 Å². The van der Waals surface area contributed by atoms with Crippen LogP contribution in [-0.4, -0.2) is 16.7 Å². The van der Waals surface area contributed by atoms with Crippen molar-refractivity contribution in [3.63, 3.8) is 0 Å². The average Bonchev–Trinajstić information content (AvgIpc) is 2.50. The first-order valence-corrected chi connectivity index (χ1v) is 3.30. The number of aromatic nitrogens is 2. The number of hydrogen-bond donors (Lipinski definition) is 1. The Morgan fingerprint density at radius 3 is 3.18 bits per heavy atom. The van der Waals surface area contributed by atoms with Crippen LogP contribution in [0.4, 0.5) is 5.69 Å². The number of H-pyrrole nitrogens is 1. The standard InChI is InChI=1S/C8H7N3/c1-9-6-3-2-4-7-8(6)11-5-10-7/h2-5H,1H2,(H,10,11). The van der Waals surface area contributed by atoms with Gasteiger partial charge in [-0.2, -0.15) is 0 Å². The molecule has 3 nitrogen and oxygen atoms in total. The quantitative estimate of drug-likeness (QED) is 0.611. The Morgan fingerprint density at radius 2 is 2.36 bits per heavy atom. The van der Waals surface area contributed by atoms with Crippen LogP contribution in [0.15, 0.2) is 29.5 Å². The van der Waals surface area contributed by atoms with E-state index in [1.807, 2.05) is 18.2 Å². The van der Waals surface area contributed by atoms with E-state index >= 15 is 0 Å². The molecule has 3 heteroatoms. The van der Waals surface area contributed by atoms with Crippen LogP contribution in [0, 0.1) is 0 Å². The van der Waals surface area contributed by atoms with Gasteiger partial charge in [-0.3, -0.25) is 4.99 Å². The SMILES string of the molecule is C=Nc1cccc2[nH]cnc12. The number of rotatable bonds is 1. The minimum Gasteiger partial charge on any atom is -0.345 e. The Morgan fingerprint density at radius 1 is 1.45 bits per heavy atom. The lowest BCUT2D eigenvalue weighted by Gasteiger charge is -1.91. The van der Waals surface area contributed by atoms with Crippen molar-refractivity contribution in [1.82, 2.24) is 9.97 Å². The van der Waals surface area contributed by atoms with Crippen LogP contribution in [0.5, 0.6) is 0 Å². The smallest absolute Gasteiger partial charge is 0.114 e. The van der Waals surface area contributed by atoms with Gasteiger partial charge in [0.1, 0.15) is 5.52 Å². The fourth-order valence-corrected chi connectivity index (χ4v) is 1.08. The maximum Gasteiger partial charge on any atom is 0.114 e. The number of fused-ring (bicyclic) bond motifs is 1. The summed E-state index contributed by atoms with van der Waals surface area (Å²) < 4.78 is 0. The summed E-state index contributed by atoms with van der Waals surface area (Å²) in [6.07, 6.45) is 1.65. The van der Waals surface area contributed by atoms with Gasteiger partial charge in [0, 0.05) is 0 Å². The molecule has 0 unspecified atom stereocenters. The zero-order valence-corrected chi connectivity index (χ0v) is 5.91. The van der Waals surface area contributed by atoms with E-state index in [0.29, 0.717) is 0 Å². The molecule has 1 aromatic heterocycles. The average molecular weight is 145 g/mol. The monoisotopic (exact) mass is 145 g/mol. The van der Waals surface area contributed by atoms with E-state index in [-0.39, 0.29) is 0 Å². The highest BCUT2D eigenvalue weighted by atomic mass is 14.9. The third-order valence-electron chi connectivity index (χ3n) is 1.60. The summed E-state index contributed by atoms with van der Waals surface area (Å²) in [5, 5.41) is 0. The molecular formula is C8H7N3. The van der Waals surface area contributed by atoms with Crippen molar-refractivity contribution in [3.05, 3.63) is 24.5 Å². The second-order valence-electron chi connectivity index (χ2n) is 2.23. The lowest BCUT2D eigenvalue weighted by atomic mass is 10.3. The van der Waals surface area contributed by atoms with Gasteiger partial charge in [0.2, 0.25) is 0 Å². The van der Waals surface area contributed by atoms with E-state index < -0.39 is 0 Å². The second kappa shape index (κ2) is 2.20. The van der Waals surface area contributed by atoms with Gasteiger partial charge >= 0.3 is 0 Å². The summed E-state index contributed by atoms with van der Waals surface area (Å²) >= 11 is 0. The molecule has 0 aliphatic rings. The van der Waals surface area contributed by atoms with Crippen LogP contribution in [0.1, 0.15) is 0 Å². The van der Waals surface area contributed by atoms with Crippen molar-refractivity contribution in [3.8, 4) is 0 Å². The van der Waals surface area contributed by atoms with Gasteiger partial charge in [0.15, 0.2) is 0 Å². The van der Waals surface area contributed by atoms with Gasteiger partial charge in [0.25, 0.3) is 0 Å². The van der Waals surface area contributed by atoms with Gasteiger partial charge in [0.05, 0.1) is 17.5 Å². The molecule has 0 spiro atoms. The summed E-state index contributed by atoms with van der Waals surface area (Å²) in [6, 6.07) is 5.76. The normalized spacial score (nSPS) is 10.2. The molecule has 0 saturated carbocycles. The molecule has 0 amide bonds. The number of para-hydroxylation sites is 1. The molecule has 54 valence electrons. The van der Waals surface area contributed by atoms with Crippen molar-refractivity contribution in [2.24, 2.45) is 4.99 Å². The molecule has 0 aliphatic carbocycles. The predicted octanol–water partition coefficient (Wildman–Crippen LogP) is 1.89. The van der Waals surface area contributed by atoms with Crippen molar-refractivity contribution in [2.75, 3.05) is 0 Å². The minimum atomic E-state index is 0.823. The first-order chi connectivity index (χ1) is 5.42. The summed E-state index contributed by atoms with van der Waals surface area (Å²) in [4.78, 5) is 10.9. The topological polar surface area (TPSA) is 41.0 Å². The van der Waals surface area contributed by atoms with E-state index in [0.717, 1.165) is 16.7 Å². The lowest BCUT2D eigenvalue weighted by Crippen LogP contribution is -1.68. The van der Waals surface area contributed by atoms with Crippen molar-refractivity contribution < 1.29 is 0 Å². The number of benzene rings is 1. The maximum atomic E-state index is 4.10. The number of nitrogens with one attached hydrogen (secondary N) is 1. The van der Waals surface area contributed by atoms with Crippen LogP contribution >= 0.6 is 0 Å². The molecule has 0 aliphatic heterocycles. The Balaban J connectivity index is 2.88. The fourth-order valence-electron chi connectivity index (χ4n) is 1.08. The molecular weight excluding hydrogens is 138 g/mol. The summed E-state index contributed by atoms with van der Waals surface area (Å²) in [7, 11) is 0. The minimum absolute atomic E-state index is 0.823. The molecule has 0 saturated heterocycles. The predicted molar refractivity (Wildman–Crippen MR) is 45.3 cm³/mol. The first-order valence-electron chi connectivity index (χ1n) is 3.30. The third-order valence-corrected chi connectivity index (χ3v) is 1.60. The largest absolute Gasteiger partial charge is 0.345 e. The highest BCUT2D eigenvalue weighted by molar-refractivity contribution is 5.86. The first kappa shape index (κ1) is 6.09. The number of nitrogens with zero attached hydrogens (tertiary/aromatic N) is 2. The zero-order chi connectivity index (χ0) is 7.68. The van der Waals surface area contributed by atoms with E-state index in [4.69, 9.17) is 0 Å². The van der Waals surface area contributed by atoms with Gasteiger partial charge in [-0.1, -0.05) is 6.07 Å². The van der Waals surface area contributed by atoms with E-state index in [1.54, 1.807) is 6.33 Å². The molecule has 2 aromatic rings. The van der Waals surface area contributed by atoms with E-state index in [1.165, 1.54) is 0 Å². The number of imidazole rings is 1. The zero-order valence-electron chi connectivity index (χ0n) is 5.91. The second-order valence-corrected chi connectivity index (χ2v) is 2.23. The Hall–Kier alpha value is -1.64. The molecule has 0 bridgehead atoms.